The fraction of sp³-hybridized carbons (Fsp3) is 0.684. The van der Waals surface area contributed by atoms with Gasteiger partial charge in [0, 0.05) is 12.1 Å². The van der Waals surface area contributed by atoms with E-state index < -0.39 is 6.18 Å². The van der Waals surface area contributed by atoms with Crippen molar-refractivity contribution in [2.75, 3.05) is 11.9 Å². The Labute approximate surface area is 147 Å². The van der Waals surface area contributed by atoms with Gasteiger partial charge in [0.25, 0.3) is 0 Å². The van der Waals surface area contributed by atoms with Gasteiger partial charge in [0.05, 0.1) is 18.1 Å². The first-order valence-electron chi connectivity index (χ1n) is 9.20. The van der Waals surface area contributed by atoms with Gasteiger partial charge in [0.1, 0.15) is 5.82 Å². The molecule has 6 heteroatoms. The van der Waals surface area contributed by atoms with E-state index in [2.05, 4.69) is 29.1 Å². The summed E-state index contributed by atoms with van der Waals surface area (Å²) in [6.07, 6.45) is 3.21. The number of aromatic nitrogens is 2. The lowest BCUT2D eigenvalue weighted by Crippen LogP contribution is -2.15. The molecule has 0 bridgehead atoms. The largest absolute Gasteiger partial charge is 0.413 e. The van der Waals surface area contributed by atoms with E-state index in [9.17, 15) is 13.2 Å². The third kappa shape index (κ3) is 4.33. The molecule has 2 atom stereocenters. The van der Waals surface area contributed by atoms with Gasteiger partial charge in [-0.2, -0.15) is 13.2 Å². The molecule has 1 aromatic heterocycles. The van der Waals surface area contributed by atoms with Crippen molar-refractivity contribution in [3.63, 3.8) is 0 Å². The highest BCUT2D eigenvalue weighted by Gasteiger charge is 2.41. The smallest absolute Gasteiger partial charge is 0.369 e. The Bertz CT molecular complexity index is 620. The fourth-order valence-corrected chi connectivity index (χ4v) is 4.08. The maximum absolute atomic E-state index is 13.6. The third-order valence-corrected chi connectivity index (χ3v) is 5.41. The van der Waals surface area contributed by atoms with Gasteiger partial charge in [-0.15, -0.1) is 0 Å². The van der Waals surface area contributed by atoms with Gasteiger partial charge in [-0.05, 0) is 49.0 Å². The average molecular weight is 353 g/mol. The van der Waals surface area contributed by atoms with E-state index in [0.29, 0.717) is 47.7 Å². The van der Waals surface area contributed by atoms with Crippen LogP contribution in [0.2, 0.25) is 0 Å². The number of halogens is 3. The Morgan fingerprint density at radius 1 is 1.12 bits per heavy atom. The predicted molar refractivity (Wildman–Crippen MR) is 93.0 cm³/mol. The molecule has 0 radical (unpaired) electrons. The van der Waals surface area contributed by atoms with E-state index in [4.69, 9.17) is 0 Å². The molecular formula is C19H26F3N3. The topological polar surface area (TPSA) is 37.8 Å². The zero-order valence-corrected chi connectivity index (χ0v) is 14.9. The Kier molecular flexibility index (Phi) is 5.35. The lowest BCUT2D eigenvalue weighted by molar-refractivity contribution is -0.0936. The first-order valence-corrected chi connectivity index (χ1v) is 9.20. The molecule has 0 saturated heterocycles. The lowest BCUT2D eigenvalue weighted by Gasteiger charge is -2.18. The number of anilines is 1. The first kappa shape index (κ1) is 18.2. The molecule has 138 valence electrons. The van der Waals surface area contributed by atoms with E-state index in [1.807, 2.05) is 0 Å². The molecule has 2 aliphatic rings. The number of rotatable bonds is 4. The van der Waals surface area contributed by atoms with Gasteiger partial charge >= 0.3 is 6.18 Å². The van der Waals surface area contributed by atoms with Crippen LogP contribution in [0.25, 0.3) is 5.57 Å². The quantitative estimate of drug-likeness (QED) is 0.781. The van der Waals surface area contributed by atoms with Crippen LogP contribution in [0.1, 0.15) is 58.1 Å². The van der Waals surface area contributed by atoms with Gasteiger partial charge in [0.15, 0.2) is 0 Å². The van der Waals surface area contributed by atoms with E-state index in [1.54, 1.807) is 6.20 Å². The number of nitrogens with zero attached hydrogens (tertiary/aromatic N) is 2. The molecule has 0 spiro atoms. The van der Waals surface area contributed by atoms with Crippen molar-refractivity contribution in [2.45, 2.75) is 58.5 Å². The van der Waals surface area contributed by atoms with Crippen LogP contribution in [0, 0.1) is 17.8 Å². The van der Waals surface area contributed by atoms with Crippen molar-refractivity contribution < 1.29 is 13.2 Å². The van der Waals surface area contributed by atoms with E-state index in [0.717, 1.165) is 25.8 Å². The minimum atomic E-state index is -4.29. The standard InChI is InChI=1S/C19H26F3N3/c1-12(2)9-24-18-11-23-17(10-25-18)15-8-14-5-3-4-13(14)6-7-16(15)19(20,21)22/h10-14H,3-9H2,1-2H3,(H,24,25). The molecule has 2 aliphatic carbocycles. The molecule has 3 nitrogen and oxygen atoms in total. The molecule has 25 heavy (non-hydrogen) atoms. The Morgan fingerprint density at radius 3 is 2.52 bits per heavy atom. The van der Waals surface area contributed by atoms with E-state index in [1.165, 1.54) is 6.20 Å². The zero-order valence-electron chi connectivity index (χ0n) is 14.9. The first-order chi connectivity index (χ1) is 11.8. The summed E-state index contributed by atoms with van der Waals surface area (Å²) in [5, 5.41) is 3.15. The molecule has 1 aromatic rings. The molecule has 0 aromatic carbocycles. The molecule has 1 fully saturated rings. The maximum atomic E-state index is 13.6. The number of nitrogens with one attached hydrogen (secondary N) is 1. The molecule has 1 N–H and O–H groups in total. The van der Waals surface area contributed by atoms with E-state index >= 15 is 0 Å². The van der Waals surface area contributed by atoms with Crippen LogP contribution in [0.4, 0.5) is 19.0 Å². The molecule has 2 unspecified atom stereocenters. The van der Waals surface area contributed by atoms with Gasteiger partial charge in [0.2, 0.25) is 0 Å². The normalized spacial score (nSPS) is 24.4. The van der Waals surface area contributed by atoms with Crippen molar-refractivity contribution in [1.82, 2.24) is 9.97 Å². The van der Waals surface area contributed by atoms with Crippen LogP contribution in [-0.2, 0) is 0 Å². The zero-order chi connectivity index (χ0) is 18.0. The van der Waals surface area contributed by atoms with Crippen molar-refractivity contribution in [3.05, 3.63) is 23.7 Å². The van der Waals surface area contributed by atoms with Crippen molar-refractivity contribution >= 4 is 11.4 Å². The highest BCUT2D eigenvalue weighted by atomic mass is 19.4. The molecule has 3 rings (SSSR count). The van der Waals surface area contributed by atoms with Crippen LogP contribution in [0.3, 0.4) is 0 Å². The van der Waals surface area contributed by atoms with Crippen LogP contribution >= 0.6 is 0 Å². The summed E-state index contributed by atoms with van der Waals surface area (Å²) in [7, 11) is 0. The maximum Gasteiger partial charge on any atom is 0.413 e. The number of hydrogen-bond donors (Lipinski definition) is 1. The molecule has 0 aliphatic heterocycles. The Balaban J connectivity index is 1.88. The second-order valence-electron chi connectivity index (χ2n) is 7.71. The third-order valence-electron chi connectivity index (χ3n) is 5.41. The summed E-state index contributed by atoms with van der Waals surface area (Å²) >= 11 is 0. The number of hydrogen-bond acceptors (Lipinski definition) is 3. The van der Waals surface area contributed by atoms with Gasteiger partial charge in [-0.3, -0.25) is 4.98 Å². The summed E-state index contributed by atoms with van der Waals surface area (Å²) in [5.74, 6) is 1.85. The highest BCUT2D eigenvalue weighted by molar-refractivity contribution is 5.67. The van der Waals surface area contributed by atoms with Gasteiger partial charge in [-0.25, -0.2) is 4.98 Å². The highest BCUT2D eigenvalue weighted by Crippen LogP contribution is 2.48. The van der Waals surface area contributed by atoms with Gasteiger partial charge < -0.3 is 5.32 Å². The van der Waals surface area contributed by atoms with E-state index in [-0.39, 0.29) is 12.0 Å². The molecule has 0 amide bonds. The SMILES string of the molecule is CC(C)CNc1cnc(C2=C(C(F)(F)F)CCC3CCCC3C2)cn1. The van der Waals surface area contributed by atoms with Crippen molar-refractivity contribution in [3.8, 4) is 0 Å². The number of alkyl halides is 3. The lowest BCUT2D eigenvalue weighted by atomic mass is 9.89. The second kappa shape index (κ2) is 7.34. The monoisotopic (exact) mass is 353 g/mol. The molecule has 1 heterocycles. The summed E-state index contributed by atoms with van der Waals surface area (Å²) in [5.41, 5.74) is 0.360. The summed E-state index contributed by atoms with van der Waals surface area (Å²) in [6, 6.07) is 0. The second-order valence-corrected chi connectivity index (χ2v) is 7.71. The summed E-state index contributed by atoms with van der Waals surface area (Å²) < 4.78 is 40.8. The van der Waals surface area contributed by atoms with Gasteiger partial charge in [-0.1, -0.05) is 26.7 Å². The van der Waals surface area contributed by atoms with Crippen LogP contribution in [0.15, 0.2) is 18.0 Å². The van der Waals surface area contributed by atoms with Crippen molar-refractivity contribution in [1.29, 1.82) is 0 Å². The molecule has 1 saturated carbocycles. The molecular weight excluding hydrogens is 327 g/mol. The van der Waals surface area contributed by atoms with Crippen molar-refractivity contribution in [2.24, 2.45) is 17.8 Å². The van der Waals surface area contributed by atoms with Crippen LogP contribution < -0.4 is 5.32 Å². The fourth-order valence-electron chi connectivity index (χ4n) is 4.08. The minimum Gasteiger partial charge on any atom is -0.369 e. The minimum absolute atomic E-state index is 0.106. The average Bonchev–Trinajstić information content (AvgIpc) is 2.90. The van der Waals surface area contributed by atoms with Crippen LogP contribution in [0.5, 0.6) is 0 Å². The Morgan fingerprint density at radius 2 is 1.88 bits per heavy atom. The van der Waals surface area contributed by atoms with Crippen LogP contribution in [-0.4, -0.2) is 22.7 Å². The summed E-state index contributed by atoms with van der Waals surface area (Å²) in [6.45, 7) is 4.92. The predicted octanol–water partition coefficient (Wildman–Crippen LogP) is 5.46. The summed E-state index contributed by atoms with van der Waals surface area (Å²) in [4.78, 5) is 8.60. The number of allylic oxidation sites excluding steroid dienone is 2. The Hall–Kier alpha value is -1.59. The number of fused-ring (bicyclic) bond motifs is 1.